The Kier molecular flexibility index (Phi) is 6.51. The molecule has 3 aromatic rings. The minimum atomic E-state index is 0.0322. The molecule has 3 aromatic carbocycles. The molecule has 2 N–H and O–H groups in total. The summed E-state index contributed by atoms with van der Waals surface area (Å²) in [5, 5.41) is 7.76. The van der Waals surface area contributed by atoms with Gasteiger partial charge >= 0.3 is 0 Å². The average molecular weight is 503 g/mol. The molecule has 0 unspecified atom stereocenters. The first-order valence-corrected chi connectivity index (χ1v) is 14.3. The second-order valence-corrected chi connectivity index (χ2v) is 11.7. The lowest BCUT2D eigenvalue weighted by Crippen LogP contribution is -2.35. The SMILES string of the molecule is O=C(NCCSCc1ccc(Cl)cc1)c1ccc2c(c1)[C@@H]1[C@H]3CC[C@@H](C3)[C@@H]1[C@@H](c1ccccc1)N2. The first-order chi connectivity index (χ1) is 17.2. The standard InChI is InChI=1S/C30H31ClN2OS/c31-24-11-6-19(7-12-24)18-35-15-14-32-30(34)23-10-13-26-25(17-23)27-21-8-9-22(16-21)28(27)29(33-26)20-4-2-1-3-5-20/h1-7,10-13,17,21-22,27-29,33H,8-9,14-16,18H2,(H,32,34)/t21-,22-,27-,28-,29+/m0/s1. The van der Waals surface area contributed by atoms with Crippen LogP contribution in [-0.4, -0.2) is 18.2 Å². The lowest BCUT2D eigenvalue weighted by Gasteiger charge is -2.43. The molecule has 2 fully saturated rings. The zero-order valence-corrected chi connectivity index (χ0v) is 21.3. The van der Waals surface area contributed by atoms with Crippen molar-refractivity contribution < 1.29 is 4.79 Å². The predicted molar refractivity (Wildman–Crippen MR) is 146 cm³/mol. The van der Waals surface area contributed by atoms with Gasteiger partial charge in [0.25, 0.3) is 5.91 Å². The summed E-state index contributed by atoms with van der Waals surface area (Å²) in [5.41, 5.74) is 6.00. The van der Waals surface area contributed by atoms with Crippen molar-refractivity contribution in [1.82, 2.24) is 5.32 Å². The monoisotopic (exact) mass is 502 g/mol. The van der Waals surface area contributed by atoms with E-state index in [0.717, 1.165) is 33.9 Å². The molecule has 2 bridgehead atoms. The van der Waals surface area contributed by atoms with E-state index >= 15 is 0 Å². The number of carbonyl (C=O) groups is 1. The minimum Gasteiger partial charge on any atom is -0.378 e. The van der Waals surface area contributed by atoms with E-state index in [1.165, 1.54) is 41.6 Å². The van der Waals surface area contributed by atoms with Crippen LogP contribution in [0, 0.1) is 17.8 Å². The summed E-state index contributed by atoms with van der Waals surface area (Å²) in [4.78, 5) is 13.0. The molecule has 180 valence electrons. The van der Waals surface area contributed by atoms with Crippen molar-refractivity contribution in [3.63, 3.8) is 0 Å². The van der Waals surface area contributed by atoms with Crippen LogP contribution >= 0.6 is 23.4 Å². The summed E-state index contributed by atoms with van der Waals surface area (Å²) in [6.07, 6.45) is 4.01. The number of rotatable bonds is 7. The van der Waals surface area contributed by atoms with Gasteiger partial charge in [-0.15, -0.1) is 0 Å². The number of fused-ring (bicyclic) bond motifs is 7. The first-order valence-electron chi connectivity index (χ1n) is 12.7. The number of halogens is 1. The van der Waals surface area contributed by atoms with Crippen LogP contribution in [-0.2, 0) is 5.75 Å². The molecule has 1 aliphatic heterocycles. The third kappa shape index (κ3) is 4.59. The van der Waals surface area contributed by atoms with Crippen molar-refractivity contribution in [2.24, 2.45) is 17.8 Å². The number of benzene rings is 3. The number of amides is 1. The van der Waals surface area contributed by atoms with Crippen molar-refractivity contribution in [1.29, 1.82) is 0 Å². The van der Waals surface area contributed by atoms with Crippen LogP contribution in [0.1, 0.15) is 58.3 Å². The Morgan fingerprint density at radius 3 is 2.63 bits per heavy atom. The molecule has 5 atom stereocenters. The molecule has 35 heavy (non-hydrogen) atoms. The summed E-state index contributed by atoms with van der Waals surface area (Å²) in [5.74, 6) is 4.54. The minimum absolute atomic E-state index is 0.0322. The number of hydrogen-bond acceptors (Lipinski definition) is 3. The molecule has 0 aromatic heterocycles. The van der Waals surface area contributed by atoms with Crippen LogP contribution < -0.4 is 10.6 Å². The van der Waals surface area contributed by atoms with Crippen LogP contribution in [0.5, 0.6) is 0 Å². The van der Waals surface area contributed by atoms with Crippen molar-refractivity contribution in [3.8, 4) is 0 Å². The molecular weight excluding hydrogens is 472 g/mol. The van der Waals surface area contributed by atoms with Gasteiger partial charge in [0.05, 0.1) is 6.04 Å². The zero-order valence-electron chi connectivity index (χ0n) is 19.8. The third-order valence-corrected chi connectivity index (χ3v) is 9.50. The van der Waals surface area contributed by atoms with Crippen molar-refractivity contribution in [2.45, 2.75) is 37.0 Å². The molecule has 6 rings (SSSR count). The first kappa shape index (κ1) is 23.0. The van der Waals surface area contributed by atoms with Crippen LogP contribution in [0.2, 0.25) is 5.02 Å². The Morgan fingerprint density at radius 2 is 1.80 bits per heavy atom. The molecule has 5 heteroatoms. The Bertz CT molecular complexity index is 1200. The molecule has 1 amide bonds. The van der Waals surface area contributed by atoms with E-state index in [4.69, 9.17) is 11.6 Å². The maximum absolute atomic E-state index is 13.0. The third-order valence-electron chi connectivity index (χ3n) is 8.22. The number of anilines is 1. The molecule has 2 aliphatic carbocycles. The van der Waals surface area contributed by atoms with Gasteiger partial charge in [-0.2, -0.15) is 11.8 Å². The molecule has 1 heterocycles. The largest absolute Gasteiger partial charge is 0.378 e. The van der Waals surface area contributed by atoms with Crippen LogP contribution in [0.25, 0.3) is 0 Å². The summed E-state index contributed by atoms with van der Waals surface area (Å²) < 4.78 is 0. The van der Waals surface area contributed by atoms with Gasteiger partial charge < -0.3 is 10.6 Å². The van der Waals surface area contributed by atoms with Crippen LogP contribution in [0.3, 0.4) is 0 Å². The fourth-order valence-electron chi connectivity index (χ4n) is 6.73. The molecule has 0 saturated heterocycles. The fraction of sp³-hybridized carbons (Fsp3) is 0.367. The second-order valence-electron chi connectivity index (χ2n) is 10.2. The van der Waals surface area contributed by atoms with Crippen LogP contribution in [0.15, 0.2) is 72.8 Å². The van der Waals surface area contributed by atoms with Gasteiger partial charge in [-0.25, -0.2) is 0 Å². The highest BCUT2D eigenvalue weighted by Crippen LogP contribution is 2.63. The molecule has 3 aliphatic rings. The Hall–Kier alpha value is -2.43. The summed E-state index contributed by atoms with van der Waals surface area (Å²) in [6.45, 7) is 0.666. The number of thioether (sulfide) groups is 1. The van der Waals surface area contributed by atoms with E-state index in [-0.39, 0.29) is 5.91 Å². The van der Waals surface area contributed by atoms with Gasteiger partial charge in [0.1, 0.15) is 0 Å². The maximum atomic E-state index is 13.0. The Morgan fingerprint density at radius 1 is 1.00 bits per heavy atom. The summed E-state index contributed by atoms with van der Waals surface area (Å²) >= 11 is 7.78. The van der Waals surface area contributed by atoms with Gasteiger partial charge in [-0.05, 0) is 90.0 Å². The number of nitrogens with one attached hydrogen (secondary N) is 2. The molecule has 0 spiro atoms. The molecule has 3 nitrogen and oxygen atoms in total. The predicted octanol–water partition coefficient (Wildman–Crippen LogP) is 7.30. The highest BCUT2D eigenvalue weighted by atomic mass is 35.5. The zero-order chi connectivity index (χ0) is 23.8. The fourth-order valence-corrected chi connectivity index (χ4v) is 7.67. The normalized spacial score (nSPS) is 26.0. The van der Waals surface area contributed by atoms with Crippen LogP contribution in [0.4, 0.5) is 5.69 Å². The highest BCUT2D eigenvalue weighted by Gasteiger charge is 2.53. The molecular formula is C30H31ClN2OS. The summed E-state index contributed by atoms with van der Waals surface area (Å²) in [7, 11) is 0. The van der Waals surface area contributed by atoms with Crippen molar-refractivity contribution in [2.75, 3.05) is 17.6 Å². The van der Waals surface area contributed by atoms with Gasteiger partial charge in [0.15, 0.2) is 0 Å². The van der Waals surface area contributed by atoms with Gasteiger partial charge in [0, 0.05) is 34.3 Å². The van der Waals surface area contributed by atoms with Gasteiger partial charge in [-0.3, -0.25) is 4.79 Å². The van der Waals surface area contributed by atoms with E-state index in [1.54, 1.807) is 0 Å². The smallest absolute Gasteiger partial charge is 0.251 e. The van der Waals surface area contributed by atoms with E-state index in [1.807, 2.05) is 30.0 Å². The van der Waals surface area contributed by atoms with E-state index < -0.39 is 0 Å². The van der Waals surface area contributed by atoms with Crippen molar-refractivity contribution in [3.05, 3.63) is 100 Å². The average Bonchev–Trinajstić information content (AvgIpc) is 3.52. The lowest BCUT2D eigenvalue weighted by molar-refractivity contribution is 0.0956. The lowest BCUT2D eigenvalue weighted by atomic mass is 9.68. The second kappa shape index (κ2) is 9.91. The highest BCUT2D eigenvalue weighted by molar-refractivity contribution is 7.98. The molecule has 2 saturated carbocycles. The number of hydrogen-bond donors (Lipinski definition) is 2. The van der Waals surface area contributed by atoms with Gasteiger partial charge in [-0.1, -0.05) is 54.1 Å². The van der Waals surface area contributed by atoms with E-state index in [2.05, 4.69) is 65.2 Å². The maximum Gasteiger partial charge on any atom is 0.251 e. The quantitative estimate of drug-likeness (QED) is 0.333. The van der Waals surface area contributed by atoms with E-state index in [0.29, 0.717) is 24.4 Å². The topological polar surface area (TPSA) is 41.1 Å². The number of carbonyl (C=O) groups excluding carboxylic acids is 1. The Labute approximate surface area is 217 Å². The van der Waals surface area contributed by atoms with Gasteiger partial charge in [0.2, 0.25) is 0 Å². The molecule has 0 radical (unpaired) electrons. The Balaban J connectivity index is 1.13. The summed E-state index contributed by atoms with van der Waals surface area (Å²) in [6, 6.07) is 25.5. The van der Waals surface area contributed by atoms with E-state index in [9.17, 15) is 4.79 Å². The van der Waals surface area contributed by atoms with Crippen molar-refractivity contribution >= 4 is 35.0 Å².